The third-order valence-electron chi connectivity index (χ3n) is 4.72. The summed E-state index contributed by atoms with van der Waals surface area (Å²) in [7, 11) is 0. The molecule has 1 fully saturated rings. The van der Waals surface area contributed by atoms with Crippen LogP contribution in [0, 0.1) is 0 Å². The Kier molecular flexibility index (Phi) is 10.1. The van der Waals surface area contributed by atoms with Gasteiger partial charge >= 0.3 is 0 Å². The highest BCUT2D eigenvalue weighted by Gasteiger charge is 2.17. The summed E-state index contributed by atoms with van der Waals surface area (Å²) in [5.41, 5.74) is 2.21. The lowest BCUT2D eigenvalue weighted by atomic mass is 10.2. The van der Waals surface area contributed by atoms with Crippen molar-refractivity contribution in [3.63, 3.8) is 0 Å². The molecule has 152 valence electrons. The number of aromatic nitrogens is 1. The quantitative estimate of drug-likeness (QED) is 0.326. The lowest BCUT2D eigenvalue weighted by Gasteiger charge is -2.16. The molecule has 1 aromatic carbocycles. The zero-order valence-corrected chi connectivity index (χ0v) is 18.9. The molecule has 2 aromatic rings. The van der Waals surface area contributed by atoms with Crippen LogP contribution in [0.3, 0.4) is 0 Å². The minimum Gasteiger partial charge on any atom is -0.490 e. The van der Waals surface area contributed by atoms with Gasteiger partial charge in [0.05, 0.1) is 12.6 Å². The second kappa shape index (κ2) is 12.6. The van der Waals surface area contributed by atoms with Crippen molar-refractivity contribution < 1.29 is 4.74 Å². The van der Waals surface area contributed by atoms with Gasteiger partial charge in [0.1, 0.15) is 5.75 Å². The van der Waals surface area contributed by atoms with E-state index < -0.39 is 0 Å². The topological polar surface area (TPSA) is 58.5 Å². The number of halogens is 1. The number of ether oxygens (including phenoxy) is 1. The van der Waals surface area contributed by atoms with E-state index in [9.17, 15) is 0 Å². The normalized spacial score (nSPS) is 14.4. The third-order valence-corrected chi connectivity index (χ3v) is 4.72. The van der Waals surface area contributed by atoms with Crippen molar-refractivity contribution in [3.05, 3.63) is 59.9 Å². The number of benzene rings is 1. The minimum absolute atomic E-state index is 0. The molecule has 28 heavy (non-hydrogen) atoms. The molecule has 1 aliphatic rings. The first-order valence-corrected chi connectivity index (χ1v) is 10.0. The van der Waals surface area contributed by atoms with E-state index in [1.807, 2.05) is 36.5 Å². The summed E-state index contributed by atoms with van der Waals surface area (Å²) in [5.74, 6) is 1.79. The molecule has 0 atom stereocenters. The molecule has 6 heteroatoms. The summed E-state index contributed by atoms with van der Waals surface area (Å²) in [6, 6.07) is 14.2. The van der Waals surface area contributed by atoms with E-state index in [0.717, 1.165) is 55.3 Å². The summed E-state index contributed by atoms with van der Waals surface area (Å²) < 4.78 is 6.22. The predicted octanol–water partition coefficient (Wildman–Crippen LogP) is 4.32. The van der Waals surface area contributed by atoms with E-state index >= 15 is 0 Å². The number of nitrogens with zero attached hydrogens (tertiary/aromatic N) is 2. The predicted molar refractivity (Wildman–Crippen MR) is 126 cm³/mol. The van der Waals surface area contributed by atoms with Gasteiger partial charge in [0.25, 0.3) is 0 Å². The SMILES string of the molecule is CCNC(=NCc1ccccc1OC1CCCC1)NCCc1ccccn1.I. The van der Waals surface area contributed by atoms with Gasteiger partial charge in [-0.1, -0.05) is 24.3 Å². The largest absolute Gasteiger partial charge is 0.490 e. The molecule has 0 saturated heterocycles. The van der Waals surface area contributed by atoms with Gasteiger partial charge in [-0.3, -0.25) is 4.98 Å². The first-order valence-electron chi connectivity index (χ1n) is 10.0. The molecule has 2 N–H and O–H groups in total. The average molecular weight is 494 g/mol. The maximum absolute atomic E-state index is 6.22. The molecule has 0 aliphatic heterocycles. The van der Waals surface area contributed by atoms with E-state index in [2.05, 4.69) is 34.7 Å². The van der Waals surface area contributed by atoms with Crippen LogP contribution in [-0.2, 0) is 13.0 Å². The number of hydrogen-bond donors (Lipinski definition) is 2. The molecule has 0 amide bonds. The van der Waals surface area contributed by atoms with Crippen molar-refractivity contribution in [3.8, 4) is 5.75 Å². The Balaban J connectivity index is 0.00000280. The van der Waals surface area contributed by atoms with Gasteiger partial charge in [-0.2, -0.15) is 0 Å². The van der Waals surface area contributed by atoms with Crippen LogP contribution >= 0.6 is 24.0 Å². The summed E-state index contributed by atoms with van der Waals surface area (Å²) in [5, 5.41) is 6.70. The van der Waals surface area contributed by atoms with E-state index in [-0.39, 0.29) is 24.0 Å². The van der Waals surface area contributed by atoms with Gasteiger partial charge in [-0.25, -0.2) is 4.99 Å². The van der Waals surface area contributed by atoms with Gasteiger partial charge in [0.15, 0.2) is 5.96 Å². The molecular weight excluding hydrogens is 463 g/mol. The van der Waals surface area contributed by atoms with E-state index in [4.69, 9.17) is 9.73 Å². The number of aliphatic imine (C=N–C) groups is 1. The van der Waals surface area contributed by atoms with Crippen LogP contribution < -0.4 is 15.4 Å². The van der Waals surface area contributed by atoms with Crippen molar-refractivity contribution in [1.82, 2.24) is 15.6 Å². The van der Waals surface area contributed by atoms with E-state index in [1.54, 1.807) is 0 Å². The standard InChI is InChI=1S/C22H30N4O.HI/c1-2-23-22(25-16-14-19-10-7-8-15-24-19)26-17-18-9-3-6-13-21(18)27-20-11-4-5-12-20;/h3,6-10,13,15,20H,2,4-5,11-12,14,16-17H2,1H3,(H2,23,25,26);1H. The molecule has 5 nitrogen and oxygen atoms in total. The van der Waals surface area contributed by atoms with E-state index in [1.165, 1.54) is 12.8 Å². The lowest BCUT2D eigenvalue weighted by molar-refractivity contribution is 0.208. The van der Waals surface area contributed by atoms with Crippen LogP contribution in [0.25, 0.3) is 0 Å². The van der Waals surface area contributed by atoms with Gasteiger partial charge in [0, 0.05) is 37.0 Å². The molecule has 1 aliphatic carbocycles. The van der Waals surface area contributed by atoms with Gasteiger partial charge in [0.2, 0.25) is 0 Å². The fraction of sp³-hybridized carbons (Fsp3) is 0.455. The molecular formula is C22H31IN4O. The van der Waals surface area contributed by atoms with Gasteiger partial charge in [-0.15, -0.1) is 24.0 Å². The summed E-state index contributed by atoms with van der Waals surface area (Å²) in [4.78, 5) is 9.10. The highest BCUT2D eigenvalue weighted by atomic mass is 127. The number of nitrogens with one attached hydrogen (secondary N) is 2. The Morgan fingerprint density at radius 2 is 1.89 bits per heavy atom. The van der Waals surface area contributed by atoms with Gasteiger partial charge in [-0.05, 0) is 50.8 Å². The number of guanidine groups is 1. The van der Waals surface area contributed by atoms with Crippen molar-refractivity contribution >= 4 is 29.9 Å². The Morgan fingerprint density at radius 3 is 2.64 bits per heavy atom. The summed E-state index contributed by atoms with van der Waals surface area (Å²) in [6.45, 7) is 4.30. The monoisotopic (exact) mass is 494 g/mol. The van der Waals surface area contributed by atoms with E-state index in [0.29, 0.717) is 12.6 Å². The first-order chi connectivity index (χ1) is 13.3. The third kappa shape index (κ3) is 7.30. The van der Waals surface area contributed by atoms with Crippen LogP contribution in [0.15, 0.2) is 53.7 Å². The Bertz CT molecular complexity index is 717. The number of rotatable bonds is 8. The highest BCUT2D eigenvalue weighted by molar-refractivity contribution is 14.0. The fourth-order valence-corrected chi connectivity index (χ4v) is 3.30. The van der Waals surface area contributed by atoms with Gasteiger partial charge < -0.3 is 15.4 Å². The summed E-state index contributed by atoms with van der Waals surface area (Å²) in [6.07, 6.45) is 7.93. The molecule has 0 bridgehead atoms. The van der Waals surface area contributed by atoms with Crippen LogP contribution in [0.5, 0.6) is 5.75 Å². The maximum Gasteiger partial charge on any atom is 0.191 e. The molecule has 0 unspecified atom stereocenters. The van der Waals surface area contributed by atoms with Crippen LogP contribution in [-0.4, -0.2) is 30.1 Å². The Labute approximate surface area is 185 Å². The minimum atomic E-state index is 0. The Morgan fingerprint density at radius 1 is 1.11 bits per heavy atom. The van der Waals surface area contributed by atoms with Crippen LogP contribution in [0.4, 0.5) is 0 Å². The fourth-order valence-electron chi connectivity index (χ4n) is 3.30. The molecule has 3 rings (SSSR count). The number of hydrogen-bond acceptors (Lipinski definition) is 3. The lowest BCUT2D eigenvalue weighted by Crippen LogP contribution is -2.38. The second-order valence-corrected chi connectivity index (χ2v) is 6.83. The molecule has 1 saturated carbocycles. The van der Waals surface area contributed by atoms with Crippen molar-refractivity contribution in [2.24, 2.45) is 4.99 Å². The Hall–Kier alpha value is -1.83. The van der Waals surface area contributed by atoms with Crippen molar-refractivity contribution in [2.75, 3.05) is 13.1 Å². The zero-order valence-electron chi connectivity index (χ0n) is 16.6. The molecule has 0 spiro atoms. The molecule has 1 aromatic heterocycles. The highest BCUT2D eigenvalue weighted by Crippen LogP contribution is 2.26. The number of pyridine rings is 1. The second-order valence-electron chi connectivity index (χ2n) is 6.83. The molecule has 1 heterocycles. The number of para-hydroxylation sites is 1. The first kappa shape index (κ1) is 22.5. The van der Waals surface area contributed by atoms with Crippen LogP contribution in [0.1, 0.15) is 43.9 Å². The van der Waals surface area contributed by atoms with Crippen LogP contribution in [0.2, 0.25) is 0 Å². The average Bonchev–Trinajstić information content (AvgIpc) is 3.21. The van der Waals surface area contributed by atoms with Crippen molar-refractivity contribution in [1.29, 1.82) is 0 Å². The zero-order chi connectivity index (χ0) is 18.7. The smallest absolute Gasteiger partial charge is 0.191 e. The summed E-state index contributed by atoms with van der Waals surface area (Å²) >= 11 is 0. The maximum atomic E-state index is 6.22. The molecule has 0 radical (unpaired) electrons. The van der Waals surface area contributed by atoms with Crippen molar-refractivity contribution in [2.45, 2.75) is 51.7 Å².